The first kappa shape index (κ1) is 25.4. The Hall–Kier alpha value is -1.61. The van der Waals surface area contributed by atoms with E-state index in [4.69, 9.17) is 0 Å². The number of halogens is 1. The Morgan fingerprint density at radius 2 is 1.76 bits per heavy atom. The molecule has 0 aromatic heterocycles. The number of benzene rings is 2. The van der Waals surface area contributed by atoms with E-state index in [1.807, 2.05) is 37.3 Å². The Labute approximate surface area is 192 Å². The molecule has 2 N–H and O–H groups in total. The third-order valence-corrected chi connectivity index (χ3v) is 6.09. The monoisotopic (exact) mass is 529 g/mol. The van der Waals surface area contributed by atoms with Crippen LogP contribution in [0, 0.1) is 13.8 Å². The maximum Gasteiger partial charge on any atom is 0.191 e. The lowest BCUT2D eigenvalue weighted by atomic mass is 10.1. The molecule has 7 heteroatoms. The molecule has 0 aliphatic rings. The lowest BCUT2D eigenvalue weighted by molar-refractivity contribution is 0.591. The molecular formula is C22H32IN3O2S. The lowest BCUT2D eigenvalue weighted by Gasteiger charge is -2.12. The summed E-state index contributed by atoms with van der Waals surface area (Å²) in [4.78, 5) is 4.62. The normalized spacial score (nSPS) is 11.6. The second kappa shape index (κ2) is 12.8. The Morgan fingerprint density at radius 1 is 1.03 bits per heavy atom. The van der Waals surface area contributed by atoms with Crippen molar-refractivity contribution in [2.45, 2.75) is 39.5 Å². The fourth-order valence-corrected chi connectivity index (χ4v) is 4.36. The average molecular weight is 529 g/mol. The Bertz CT molecular complexity index is 884. The van der Waals surface area contributed by atoms with Gasteiger partial charge in [0, 0.05) is 13.1 Å². The van der Waals surface area contributed by atoms with E-state index in [0.717, 1.165) is 12.1 Å². The van der Waals surface area contributed by atoms with E-state index in [0.29, 0.717) is 25.5 Å². The van der Waals surface area contributed by atoms with Crippen molar-refractivity contribution < 1.29 is 8.42 Å². The number of nitrogens with one attached hydrogen (secondary N) is 2. The molecule has 0 fully saturated rings. The molecule has 2 rings (SSSR count). The fraction of sp³-hybridized carbons (Fsp3) is 0.409. The minimum absolute atomic E-state index is 0. The summed E-state index contributed by atoms with van der Waals surface area (Å²) in [5.41, 5.74) is 4.49. The van der Waals surface area contributed by atoms with Crippen molar-refractivity contribution in [1.29, 1.82) is 0 Å². The van der Waals surface area contributed by atoms with E-state index in [9.17, 15) is 8.42 Å². The van der Waals surface area contributed by atoms with E-state index in [2.05, 4.69) is 47.7 Å². The van der Waals surface area contributed by atoms with E-state index in [1.54, 1.807) is 0 Å². The zero-order valence-electron chi connectivity index (χ0n) is 17.4. The quantitative estimate of drug-likeness (QED) is 0.223. The van der Waals surface area contributed by atoms with Gasteiger partial charge in [-0.2, -0.15) is 0 Å². The fourth-order valence-electron chi connectivity index (χ4n) is 2.93. The molecule has 0 atom stereocenters. The Kier molecular flexibility index (Phi) is 11.3. The van der Waals surface area contributed by atoms with E-state index < -0.39 is 9.84 Å². The predicted molar refractivity (Wildman–Crippen MR) is 133 cm³/mol. The van der Waals surface area contributed by atoms with Crippen molar-refractivity contribution in [3.8, 4) is 0 Å². The molecule has 5 nitrogen and oxygen atoms in total. The molecule has 160 valence electrons. The molecule has 0 aliphatic carbocycles. The van der Waals surface area contributed by atoms with Crippen LogP contribution in [-0.2, 0) is 22.1 Å². The first-order valence-electron chi connectivity index (χ1n) is 9.72. The van der Waals surface area contributed by atoms with Gasteiger partial charge >= 0.3 is 0 Å². The van der Waals surface area contributed by atoms with Gasteiger partial charge in [0.15, 0.2) is 15.8 Å². The molecule has 0 heterocycles. The van der Waals surface area contributed by atoms with Gasteiger partial charge in [-0.3, -0.25) is 0 Å². The minimum atomic E-state index is -3.11. The number of guanidine groups is 1. The van der Waals surface area contributed by atoms with E-state index in [-0.39, 0.29) is 35.5 Å². The molecule has 0 aliphatic heterocycles. The van der Waals surface area contributed by atoms with Crippen LogP contribution in [0.2, 0.25) is 0 Å². The average Bonchev–Trinajstić information content (AvgIpc) is 2.64. The molecule has 2 aromatic rings. The van der Waals surface area contributed by atoms with Crippen molar-refractivity contribution in [3.05, 3.63) is 70.8 Å². The molecular weight excluding hydrogens is 497 g/mol. The third kappa shape index (κ3) is 9.62. The first-order valence-corrected chi connectivity index (χ1v) is 11.5. The molecule has 29 heavy (non-hydrogen) atoms. The molecule has 0 saturated carbocycles. The molecule has 0 saturated heterocycles. The smallest absolute Gasteiger partial charge is 0.191 e. The number of aliphatic imine (C=N–C) groups is 1. The summed E-state index contributed by atoms with van der Waals surface area (Å²) >= 11 is 0. The van der Waals surface area contributed by atoms with Crippen LogP contribution in [0.1, 0.15) is 35.6 Å². The number of rotatable bonds is 9. The summed E-state index contributed by atoms with van der Waals surface area (Å²) in [6.45, 7) is 8.09. The van der Waals surface area contributed by atoms with Crippen molar-refractivity contribution in [3.63, 3.8) is 0 Å². The van der Waals surface area contributed by atoms with Gasteiger partial charge in [-0.15, -0.1) is 24.0 Å². The number of nitrogens with zero attached hydrogens (tertiary/aromatic N) is 1. The topological polar surface area (TPSA) is 70.6 Å². The van der Waals surface area contributed by atoms with Crippen LogP contribution in [0.5, 0.6) is 0 Å². The Balaban J connectivity index is 0.00000420. The standard InChI is InChI=1S/C22H31N3O2S.HI/c1-4-23-22(25-16-21-12-11-18(2)15-19(21)3)24-13-8-14-28(26,27)17-20-9-6-5-7-10-20;/h5-7,9-12,15H,4,8,13-14,16-17H2,1-3H3,(H2,23,24,25);1H. The highest BCUT2D eigenvalue weighted by atomic mass is 127. The lowest BCUT2D eigenvalue weighted by Crippen LogP contribution is -2.38. The van der Waals surface area contributed by atoms with Gasteiger partial charge in [-0.25, -0.2) is 13.4 Å². The number of hydrogen-bond acceptors (Lipinski definition) is 3. The van der Waals surface area contributed by atoms with Crippen LogP contribution in [0.4, 0.5) is 0 Å². The van der Waals surface area contributed by atoms with Gasteiger partial charge < -0.3 is 10.6 Å². The van der Waals surface area contributed by atoms with Crippen molar-refractivity contribution in [2.24, 2.45) is 4.99 Å². The van der Waals surface area contributed by atoms with Crippen LogP contribution in [0.25, 0.3) is 0 Å². The molecule has 0 radical (unpaired) electrons. The van der Waals surface area contributed by atoms with Gasteiger partial charge in [0.05, 0.1) is 18.1 Å². The molecule has 0 bridgehead atoms. The summed E-state index contributed by atoms with van der Waals surface area (Å²) in [5.74, 6) is 0.961. The van der Waals surface area contributed by atoms with E-state index >= 15 is 0 Å². The summed E-state index contributed by atoms with van der Waals surface area (Å²) in [5, 5.41) is 6.44. The molecule has 0 amide bonds. The summed E-state index contributed by atoms with van der Waals surface area (Å²) in [6.07, 6.45) is 0.545. The van der Waals surface area contributed by atoms with Crippen LogP contribution in [0.15, 0.2) is 53.5 Å². The van der Waals surface area contributed by atoms with Crippen molar-refractivity contribution >= 4 is 39.8 Å². The highest BCUT2D eigenvalue weighted by molar-refractivity contribution is 14.0. The highest BCUT2D eigenvalue weighted by Gasteiger charge is 2.11. The predicted octanol–water partition coefficient (Wildman–Crippen LogP) is 3.98. The van der Waals surface area contributed by atoms with Crippen LogP contribution < -0.4 is 10.6 Å². The van der Waals surface area contributed by atoms with Crippen molar-refractivity contribution in [1.82, 2.24) is 10.6 Å². The van der Waals surface area contributed by atoms with Crippen LogP contribution in [-0.4, -0.2) is 33.2 Å². The van der Waals surface area contributed by atoms with Crippen molar-refractivity contribution in [2.75, 3.05) is 18.8 Å². The molecule has 0 spiro atoms. The van der Waals surface area contributed by atoms with Gasteiger partial charge in [-0.1, -0.05) is 54.1 Å². The van der Waals surface area contributed by atoms with E-state index in [1.165, 1.54) is 16.7 Å². The van der Waals surface area contributed by atoms with Crippen LogP contribution in [0.3, 0.4) is 0 Å². The number of aryl methyl sites for hydroxylation is 2. The summed E-state index contributed by atoms with van der Waals surface area (Å²) in [7, 11) is -3.11. The zero-order valence-corrected chi connectivity index (χ0v) is 20.6. The molecule has 2 aromatic carbocycles. The van der Waals surface area contributed by atoms with Gasteiger partial charge in [0.2, 0.25) is 0 Å². The Morgan fingerprint density at radius 3 is 2.41 bits per heavy atom. The summed E-state index contributed by atoms with van der Waals surface area (Å²) in [6, 6.07) is 15.7. The van der Waals surface area contributed by atoms with Gasteiger partial charge in [-0.05, 0) is 43.9 Å². The largest absolute Gasteiger partial charge is 0.357 e. The first-order chi connectivity index (χ1) is 13.4. The molecule has 0 unspecified atom stereocenters. The third-order valence-electron chi connectivity index (χ3n) is 4.40. The van der Waals surface area contributed by atoms with Gasteiger partial charge in [0.25, 0.3) is 0 Å². The zero-order chi connectivity index (χ0) is 20.4. The second-order valence-corrected chi connectivity index (χ2v) is 9.17. The maximum absolute atomic E-state index is 12.3. The SMILES string of the molecule is CCNC(=NCc1ccc(C)cc1C)NCCCS(=O)(=O)Cc1ccccc1.I. The number of sulfone groups is 1. The second-order valence-electron chi connectivity index (χ2n) is 6.98. The maximum atomic E-state index is 12.3. The highest BCUT2D eigenvalue weighted by Crippen LogP contribution is 2.11. The summed E-state index contributed by atoms with van der Waals surface area (Å²) < 4.78 is 24.5. The minimum Gasteiger partial charge on any atom is -0.357 e. The van der Waals surface area contributed by atoms with Crippen LogP contribution >= 0.6 is 24.0 Å². The number of hydrogen-bond donors (Lipinski definition) is 2. The van der Waals surface area contributed by atoms with Gasteiger partial charge in [0.1, 0.15) is 0 Å².